The van der Waals surface area contributed by atoms with E-state index in [4.69, 9.17) is 4.74 Å². The predicted molar refractivity (Wildman–Crippen MR) is 128 cm³/mol. The van der Waals surface area contributed by atoms with Crippen LogP contribution in [0.15, 0.2) is 46.5 Å². The lowest BCUT2D eigenvalue weighted by atomic mass is 10.0. The highest BCUT2D eigenvalue weighted by Crippen LogP contribution is 2.43. The lowest BCUT2D eigenvalue weighted by Crippen LogP contribution is -2.42. The van der Waals surface area contributed by atoms with Crippen LogP contribution in [0.4, 0.5) is 13.2 Å². The molecule has 204 valence electrons. The normalized spacial score (nSPS) is 23.0. The molecule has 0 unspecified atom stereocenters. The van der Waals surface area contributed by atoms with E-state index in [1.165, 1.54) is 13.3 Å². The van der Waals surface area contributed by atoms with Crippen molar-refractivity contribution in [1.29, 1.82) is 5.26 Å². The molecule has 1 N–H and O–H groups in total. The van der Waals surface area contributed by atoms with Crippen LogP contribution in [0.3, 0.4) is 0 Å². The number of nitriles is 1. The van der Waals surface area contributed by atoms with Crippen LogP contribution in [0.2, 0.25) is 0 Å². The smallest absolute Gasteiger partial charge is 0.381 e. The van der Waals surface area contributed by atoms with Gasteiger partial charge in [-0.3, -0.25) is 9.78 Å². The zero-order valence-electron chi connectivity index (χ0n) is 20.3. The van der Waals surface area contributed by atoms with Crippen molar-refractivity contribution in [3.05, 3.63) is 42.2 Å². The number of nitrogens with one attached hydrogen (secondary N) is 1. The van der Waals surface area contributed by atoms with Crippen LogP contribution < -0.4 is 5.32 Å². The van der Waals surface area contributed by atoms with Crippen molar-refractivity contribution in [1.82, 2.24) is 10.3 Å². The highest BCUT2D eigenvalue weighted by atomic mass is 32.2. The maximum absolute atomic E-state index is 14.1. The number of carbonyl (C=O) groups excluding carboxylic acids is 1. The number of methoxy groups -OCH3 is 1. The summed E-state index contributed by atoms with van der Waals surface area (Å²) in [5, 5.41) is 10.5. The second-order valence-electron chi connectivity index (χ2n) is 9.59. The summed E-state index contributed by atoms with van der Waals surface area (Å²) in [7, 11) is -6.99. The number of ether oxygens (including phenoxy) is 1. The molecule has 0 aliphatic heterocycles. The number of sulfone groups is 2. The first-order valence-corrected chi connectivity index (χ1v) is 14.9. The van der Waals surface area contributed by atoms with Gasteiger partial charge in [0.05, 0.1) is 38.7 Å². The zero-order valence-corrected chi connectivity index (χ0v) is 22.0. The molecule has 2 aromatic rings. The van der Waals surface area contributed by atoms with Gasteiger partial charge in [0.15, 0.2) is 19.7 Å². The Hall–Kier alpha value is -3.02. The number of benzene rings is 1. The van der Waals surface area contributed by atoms with Crippen LogP contribution in [0.5, 0.6) is 0 Å². The number of aromatic nitrogens is 1. The summed E-state index contributed by atoms with van der Waals surface area (Å²) in [6.07, 6.45) is -2.29. The van der Waals surface area contributed by atoms with Gasteiger partial charge >= 0.3 is 6.18 Å². The van der Waals surface area contributed by atoms with Gasteiger partial charge in [0.2, 0.25) is 5.91 Å². The minimum atomic E-state index is -5.05. The highest BCUT2D eigenvalue weighted by Gasteiger charge is 2.51. The number of amides is 1. The molecule has 1 aromatic carbocycles. The van der Waals surface area contributed by atoms with Gasteiger partial charge in [-0.2, -0.15) is 18.4 Å². The lowest BCUT2D eigenvalue weighted by Gasteiger charge is -2.19. The summed E-state index contributed by atoms with van der Waals surface area (Å²) in [6, 6.07) is 5.80. The molecule has 0 radical (unpaired) electrons. The Labute approximate surface area is 217 Å². The Balaban J connectivity index is 1.69. The van der Waals surface area contributed by atoms with Gasteiger partial charge in [-0.15, -0.1) is 0 Å². The topological polar surface area (TPSA) is 143 Å². The summed E-state index contributed by atoms with van der Waals surface area (Å²) >= 11 is 0. The molecule has 0 spiro atoms. The summed E-state index contributed by atoms with van der Waals surface area (Å²) in [4.78, 5) is 15.4. The molecule has 3 atom stereocenters. The number of hydrogen-bond donors (Lipinski definition) is 1. The summed E-state index contributed by atoms with van der Waals surface area (Å²) in [5.41, 5.74) is -2.41. The molecular weight excluding hydrogens is 547 g/mol. The molecule has 1 heterocycles. The summed E-state index contributed by atoms with van der Waals surface area (Å²) < 4.78 is 98.3. The van der Waals surface area contributed by atoms with E-state index in [9.17, 15) is 40.1 Å². The predicted octanol–water partition coefficient (Wildman–Crippen LogP) is 2.91. The van der Waals surface area contributed by atoms with Crippen molar-refractivity contribution in [2.24, 2.45) is 5.92 Å². The minimum absolute atomic E-state index is 0.0610. The number of nitrogens with zero attached hydrogens (tertiary/aromatic N) is 2. The van der Waals surface area contributed by atoms with Gasteiger partial charge in [-0.1, -0.05) is 6.07 Å². The number of rotatable bonds is 7. The van der Waals surface area contributed by atoms with Gasteiger partial charge in [0, 0.05) is 31.3 Å². The Kier molecular flexibility index (Phi) is 7.09. The Morgan fingerprint density at radius 3 is 2.37 bits per heavy atom. The largest absolute Gasteiger partial charge is 0.417 e. The van der Waals surface area contributed by atoms with Crippen molar-refractivity contribution in [3.8, 4) is 17.2 Å². The van der Waals surface area contributed by atoms with Crippen molar-refractivity contribution in [2.75, 3.05) is 13.4 Å². The van der Waals surface area contributed by atoms with E-state index in [0.717, 1.165) is 30.7 Å². The Morgan fingerprint density at radius 2 is 1.82 bits per heavy atom. The molecule has 14 heteroatoms. The maximum atomic E-state index is 14.1. The molecular formula is C24H24F3N3O6S2. The van der Waals surface area contributed by atoms with Crippen LogP contribution in [0.25, 0.3) is 11.1 Å². The SMILES string of the molecule is CO[C@@H]1C[C@H](S(=O)(=O)c2ccc(-c3cncc(S(C)(=O)=O)c3)cc2C(F)(F)F)C[C@H]1C(=O)NC1(C#N)CC1. The average molecular weight is 572 g/mol. The zero-order chi connectivity index (χ0) is 28.1. The second kappa shape index (κ2) is 9.62. The van der Waals surface area contributed by atoms with Gasteiger partial charge < -0.3 is 10.1 Å². The van der Waals surface area contributed by atoms with E-state index in [-0.39, 0.29) is 28.9 Å². The molecule has 0 bridgehead atoms. The third kappa shape index (κ3) is 5.41. The number of carbonyl (C=O) groups is 1. The molecule has 2 fully saturated rings. The molecule has 1 amide bonds. The fourth-order valence-corrected chi connectivity index (χ4v) is 7.20. The highest BCUT2D eigenvalue weighted by molar-refractivity contribution is 7.92. The van der Waals surface area contributed by atoms with E-state index >= 15 is 0 Å². The van der Waals surface area contributed by atoms with Crippen molar-refractivity contribution < 1.29 is 39.5 Å². The molecule has 2 saturated carbocycles. The van der Waals surface area contributed by atoms with Gasteiger partial charge in [0.25, 0.3) is 0 Å². The Bertz CT molecular complexity index is 1530. The van der Waals surface area contributed by atoms with E-state index < -0.39 is 65.0 Å². The molecule has 4 rings (SSSR count). The fourth-order valence-electron chi connectivity index (χ4n) is 4.60. The number of hydrogen-bond acceptors (Lipinski definition) is 8. The van der Waals surface area contributed by atoms with E-state index in [1.54, 1.807) is 0 Å². The Morgan fingerprint density at radius 1 is 1.13 bits per heavy atom. The minimum Gasteiger partial charge on any atom is -0.381 e. The first-order chi connectivity index (χ1) is 17.6. The molecule has 9 nitrogen and oxygen atoms in total. The fraction of sp³-hybridized carbons (Fsp3) is 0.458. The summed E-state index contributed by atoms with van der Waals surface area (Å²) in [6.45, 7) is 0. The van der Waals surface area contributed by atoms with E-state index in [1.807, 2.05) is 6.07 Å². The van der Waals surface area contributed by atoms with Gasteiger partial charge in [0.1, 0.15) is 5.54 Å². The lowest BCUT2D eigenvalue weighted by molar-refractivity contribution is -0.139. The van der Waals surface area contributed by atoms with Gasteiger partial charge in [-0.25, -0.2) is 16.8 Å². The second-order valence-corrected chi connectivity index (χ2v) is 13.8. The first kappa shape index (κ1) is 28.0. The molecule has 38 heavy (non-hydrogen) atoms. The van der Waals surface area contributed by atoms with Crippen LogP contribution >= 0.6 is 0 Å². The van der Waals surface area contributed by atoms with Crippen molar-refractivity contribution in [3.63, 3.8) is 0 Å². The van der Waals surface area contributed by atoms with Crippen LogP contribution in [-0.4, -0.2) is 58.0 Å². The molecule has 0 saturated heterocycles. The van der Waals surface area contributed by atoms with E-state index in [0.29, 0.717) is 18.9 Å². The van der Waals surface area contributed by atoms with Crippen LogP contribution in [0.1, 0.15) is 31.2 Å². The quantitative estimate of drug-likeness (QED) is 0.535. The third-order valence-corrected chi connectivity index (χ3v) is 10.2. The van der Waals surface area contributed by atoms with Crippen molar-refractivity contribution >= 4 is 25.6 Å². The molecule has 2 aliphatic rings. The van der Waals surface area contributed by atoms with E-state index in [2.05, 4.69) is 10.3 Å². The molecule has 2 aliphatic carbocycles. The van der Waals surface area contributed by atoms with Gasteiger partial charge in [-0.05, 0) is 49.4 Å². The number of pyridine rings is 1. The number of alkyl halides is 3. The average Bonchev–Trinajstić information content (AvgIpc) is 3.48. The van der Waals surface area contributed by atoms with Crippen LogP contribution in [0, 0.1) is 17.2 Å². The third-order valence-electron chi connectivity index (χ3n) is 6.93. The standard InChI is InChI=1S/C24H24F3N3O6S2/c1-36-20-10-16(9-18(20)22(31)30-23(13-28)5-6-23)38(34,35)21-4-3-14(8-19(21)24(25,26)27)15-7-17(12-29-11-15)37(2,32)33/h3-4,7-8,11-12,16,18,20H,5-6,9-10H2,1-2H3,(H,30,31)/t16-,18-,20-/m1/s1. The monoisotopic (exact) mass is 571 g/mol. The number of halogens is 3. The van der Waals surface area contributed by atoms with Crippen LogP contribution in [-0.2, 0) is 35.4 Å². The summed E-state index contributed by atoms with van der Waals surface area (Å²) in [5.74, 6) is -1.53. The molecule has 1 aromatic heterocycles. The first-order valence-electron chi connectivity index (χ1n) is 11.5. The maximum Gasteiger partial charge on any atom is 0.417 e. The van der Waals surface area contributed by atoms with Crippen molar-refractivity contribution in [2.45, 2.75) is 58.5 Å².